The van der Waals surface area contributed by atoms with E-state index in [-0.39, 0.29) is 25.0 Å². The number of hydrogen-bond acceptors (Lipinski definition) is 5. The van der Waals surface area contributed by atoms with E-state index in [4.69, 9.17) is 4.74 Å². The second-order valence-corrected chi connectivity index (χ2v) is 7.18. The fourth-order valence-corrected chi connectivity index (χ4v) is 3.38. The van der Waals surface area contributed by atoms with Gasteiger partial charge in [0.2, 0.25) is 0 Å². The zero-order valence-electron chi connectivity index (χ0n) is 13.5. The SMILES string of the molecule is Cc1nc(CC(=O)OCC(=O)N(C)C2CCC(C)CC2)cs1. The molecule has 6 heteroatoms. The number of nitrogens with zero attached hydrogens (tertiary/aromatic N) is 2. The molecule has 0 saturated heterocycles. The number of aryl methyl sites for hydroxylation is 1. The lowest BCUT2D eigenvalue weighted by Crippen LogP contribution is -2.41. The van der Waals surface area contributed by atoms with E-state index in [0.717, 1.165) is 36.6 Å². The summed E-state index contributed by atoms with van der Waals surface area (Å²) >= 11 is 1.50. The summed E-state index contributed by atoms with van der Waals surface area (Å²) in [7, 11) is 1.81. The molecule has 122 valence electrons. The summed E-state index contributed by atoms with van der Waals surface area (Å²) in [5.74, 6) is 0.228. The first-order valence-corrected chi connectivity index (χ1v) is 8.66. The molecular weight excluding hydrogens is 300 g/mol. The van der Waals surface area contributed by atoms with Gasteiger partial charge in [0.15, 0.2) is 6.61 Å². The molecule has 0 aromatic carbocycles. The smallest absolute Gasteiger partial charge is 0.312 e. The number of carbonyl (C=O) groups is 2. The molecule has 1 aliphatic carbocycles. The summed E-state index contributed by atoms with van der Waals surface area (Å²) in [4.78, 5) is 29.8. The van der Waals surface area contributed by atoms with Crippen molar-refractivity contribution in [3.63, 3.8) is 0 Å². The Morgan fingerprint density at radius 1 is 1.36 bits per heavy atom. The van der Waals surface area contributed by atoms with Crippen LogP contribution >= 0.6 is 11.3 Å². The minimum Gasteiger partial charge on any atom is -0.455 e. The van der Waals surface area contributed by atoms with Crippen molar-refractivity contribution in [3.05, 3.63) is 16.1 Å². The Kier molecular flexibility index (Phi) is 5.94. The first kappa shape index (κ1) is 16.9. The maximum Gasteiger partial charge on any atom is 0.312 e. The molecule has 0 aliphatic heterocycles. The molecule has 1 aliphatic rings. The third-order valence-corrected chi connectivity index (χ3v) is 5.10. The average Bonchev–Trinajstić information content (AvgIpc) is 2.90. The van der Waals surface area contributed by atoms with Crippen molar-refractivity contribution >= 4 is 23.2 Å². The normalized spacial score (nSPS) is 21.4. The van der Waals surface area contributed by atoms with Gasteiger partial charge in [-0.15, -0.1) is 11.3 Å². The topological polar surface area (TPSA) is 59.5 Å². The first-order chi connectivity index (χ1) is 10.5. The number of carbonyl (C=O) groups excluding carboxylic acids is 2. The Morgan fingerprint density at radius 2 is 2.05 bits per heavy atom. The van der Waals surface area contributed by atoms with Gasteiger partial charge in [-0.3, -0.25) is 9.59 Å². The van der Waals surface area contributed by atoms with Gasteiger partial charge in [-0.05, 0) is 38.5 Å². The highest BCUT2D eigenvalue weighted by atomic mass is 32.1. The van der Waals surface area contributed by atoms with Gasteiger partial charge in [-0.2, -0.15) is 0 Å². The van der Waals surface area contributed by atoms with Crippen molar-refractivity contribution in [1.82, 2.24) is 9.88 Å². The van der Waals surface area contributed by atoms with Gasteiger partial charge in [-0.1, -0.05) is 6.92 Å². The van der Waals surface area contributed by atoms with Crippen LogP contribution < -0.4 is 0 Å². The standard InChI is InChI=1S/C16H24N2O3S/c1-11-4-6-14(7-5-11)18(3)15(19)9-21-16(20)8-13-10-22-12(2)17-13/h10-11,14H,4-9H2,1-3H3. The molecule has 0 unspecified atom stereocenters. The molecule has 5 nitrogen and oxygen atoms in total. The first-order valence-electron chi connectivity index (χ1n) is 7.78. The second kappa shape index (κ2) is 7.72. The summed E-state index contributed by atoms with van der Waals surface area (Å²) < 4.78 is 5.08. The van der Waals surface area contributed by atoms with Crippen LogP contribution in [0, 0.1) is 12.8 Å². The molecule has 1 amide bonds. The molecule has 1 saturated carbocycles. The van der Waals surface area contributed by atoms with Crippen LogP contribution in [0.3, 0.4) is 0 Å². The maximum atomic E-state index is 12.1. The number of hydrogen-bond donors (Lipinski definition) is 0. The lowest BCUT2D eigenvalue weighted by molar-refractivity contribution is -0.152. The molecular formula is C16H24N2O3S. The summed E-state index contributed by atoms with van der Waals surface area (Å²) in [6.45, 7) is 3.97. The van der Waals surface area contributed by atoms with Gasteiger partial charge in [0, 0.05) is 18.5 Å². The molecule has 0 atom stereocenters. The summed E-state index contributed by atoms with van der Waals surface area (Å²) in [5.41, 5.74) is 0.703. The third kappa shape index (κ3) is 4.80. The van der Waals surface area contributed by atoms with Gasteiger partial charge in [0.05, 0.1) is 17.1 Å². The van der Waals surface area contributed by atoms with Crippen molar-refractivity contribution < 1.29 is 14.3 Å². The predicted molar refractivity (Wildman–Crippen MR) is 85.7 cm³/mol. The largest absolute Gasteiger partial charge is 0.455 e. The summed E-state index contributed by atoms with van der Waals surface area (Å²) in [6, 6.07) is 0.281. The number of aromatic nitrogens is 1. The molecule has 0 radical (unpaired) electrons. The Labute approximate surface area is 135 Å². The molecule has 0 bridgehead atoms. The molecule has 0 N–H and O–H groups in total. The molecule has 0 spiro atoms. The summed E-state index contributed by atoms with van der Waals surface area (Å²) in [6.07, 6.45) is 4.52. The van der Waals surface area contributed by atoms with Crippen LogP contribution in [0.25, 0.3) is 0 Å². The molecule has 1 aromatic heterocycles. The van der Waals surface area contributed by atoms with E-state index < -0.39 is 5.97 Å². The van der Waals surface area contributed by atoms with Crippen molar-refractivity contribution in [2.75, 3.05) is 13.7 Å². The second-order valence-electron chi connectivity index (χ2n) is 6.11. The number of likely N-dealkylation sites (N-methyl/N-ethyl adjacent to an activating group) is 1. The molecule has 1 aromatic rings. The van der Waals surface area contributed by atoms with Gasteiger partial charge >= 0.3 is 5.97 Å². The minimum absolute atomic E-state index is 0.123. The number of rotatable bonds is 5. The quantitative estimate of drug-likeness (QED) is 0.781. The number of ether oxygens (including phenoxy) is 1. The van der Waals surface area contributed by atoms with E-state index >= 15 is 0 Å². The molecule has 2 rings (SSSR count). The van der Waals surface area contributed by atoms with Crippen molar-refractivity contribution in [1.29, 1.82) is 0 Å². The zero-order chi connectivity index (χ0) is 16.1. The number of esters is 1. The Bertz CT molecular complexity index is 521. The van der Waals surface area contributed by atoms with E-state index in [9.17, 15) is 9.59 Å². The van der Waals surface area contributed by atoms with Crippen LogP contribution in [0.5, 0.6) is 0 Å². The fourth-order valence-electron chi connectivity index (χ4n) is 2.77. The van der Waals surface area contributed by atoms with Crippen LogP contribution in [0.15, 0.2) is 5.38 Å². The van der Waals surface area contributed by atoms with Crippen LogP contribution in [-0.4, -0.2) is 41.5 Å². The minimum atomic E-state index is -0.399. The Morgan fingerprint density at radius 3 is 2.64 bits per heavy atom. The van der Waals surface area contributed by atoms with E-state index in [2.05, 4.69) is 11.9 Å². The lowest BCUT2D eigenvalue weighted by atomic mass is 9.87. The van der Waals surface area contributed by atoms with E-state index in [1.54, 1.807) is 11.9 Å². The van der Waals surface area contributed by atoms with Crippen LogP contribution in [0.4, 0.5) is 0 Å². The number of amides is 1. The monoisotopic (exact) mass is 324 g/mol. The summed E-state index contributed by atoms with van der Waals surface area (Å²) in [5, 5.41) is 2.76. The zero-order valence-corrected chi connectivity index (χ0v) is 14.3. The lowest BCUT2D eigenvalue weighted by Gasteiger charge is -2.33. The van der Waals surface area contributed by atoms with Crippen molar-refractivity contribution in [2.24, 2.45) is 5.92 Å². The van der Waals surface area contributed by atoms with Gasteiger partial charge < -0.3 is 9.64 Å². The highest BCUT2D eigenvalue weighted by molar-refractivity contribution is 7.09. The van der Waals surface area contributed by atoms with E-state index in [0.29, 0.717) is 5.69 Å². The van der Waals surface area contributed by atoms with Gasteiger partial charge in [0.1, 0.15) is 0 Å². The Hall–Kier alpha value is -1.43. The number of thiazole rings is 1. The maximum absolute atomic E-state index is 12.1. The van der Waals surface area contributed by atoms with Crippen molar-refractivity contribution in [2.45, 2.75) is 52.0 Å². The van der Waals surface area contributed by atoms with E-state index in [1.165, 1.54) is 11.3 Å². The van der Waals surface area contributed by atoms with Gasteiger partial charge in [0.25, 0.3) is 5.91 Å². The van der Waals surface area contributed by atoms with Crippen molar-refractivity contribution in [3.8, 4) is 0 Å². The van der Waals surface area contributed by atoms with Crippen LogP contribution in [-0.2, 0) is 20.7 Å². The third-order valence-electron chi connectivity index (χ3n) is 4.28. The molecule has 22 heavy (non-hydrogen) atoms. The van der Waals surface area contributed by atoms with Gasteiger partial charge in [-0.25, -0.2) is 4.98 Å². The van der Waals surface area contributed by atoms with Crippen LogP contribution in [0.2, 0.25) is 0 Å². The highest BCUT2D eigenvalue weighted by Gasteiger charge is 2.25. The molecule has 1 heterocycles. The highest BCUT2D eigenvalue weighted by Crippen LogP contribution is 2.26. The fraction of sp³-hybridized carbons (Fsp3) is 0.688. The Balaban J connectivity index is 1.73. The predicted octanol–water partition coefficient (Wildman–Crippen LogP) is 2.57. The van der Waals surface area contributed by atoms with Crippen LogP contribution in [0.1, 0.15) is 43.3 Å². The molecule has 1 fully saturated rings. The average molecular weight is 324 g/mol. The van der Waals surface area contributed by atoms with E-state index in [1.807, 2.05) is 12.3 Å².